The molecule has 0 aromatic heterocycles. The normalized spacial score (nSPS) is 11.3. The van der Waals surface area contributed by atoms with Gasteiger partial charge in [0.15, 0.2) is 0 Å². The SMILES string of the molecule is Nc1ccc2ccccc2c1N=Nc1cc(Cl)ccc1O. The van der Waals surface area contributed by atoms with E-state index in [1.165, 1.54) is 6.07 Å². The molecule has 4 nitrogen and oxygen atoms in total. The molecule has 104 valence electrons. The first kappa shape index (κ1) is 13.4. The zero-order valence-corrected chi connectivity index (χ0v) is 11.7. The Balaban J connectivity index is 2.11. The predicted molar refractivity (Wildman–Crippen MR) is 85.7 cm³/mol. The Bertz CT molecular complexity index is 846. The lowest BCUT2D eigenvalue weighted by Gasteiger charge is -2.05. The van der Waals surface area contributed by atoms with Gasteiger partial charge in [-0.1, -0.05) is 41.9 Å². The molecule has 0 fully saturated rings. The molecule has 0 radical (unpaired) electrons. The molecule has 0 unspecified atom stereocenters. The summed E-state index contributed by atoms with van der Waals surface area (Å²) in [5, 5.41) is 20.4. The topological polar surface area (TPSA) is 71.0 Å². The van der Waals surface area contributed by atoms with Gasteiger partial charge in [-0.3, -0.25) is 0 Å². The van der Waals surface area contributed by atoms with Crippen molar-refractivity contribution in [3.8, 4) is 5.75 Å². The minimum atomic E-state index is 0.0157. The van der Waals surface area contributed by atoms with Crippen molar-refractivity contribution in [3.63, 3.8) is 0 Å². The summed E-state index contributed by atoms with van der Waals surface area (Å²) in [7, 11) is 0. The van der Waals surface area contributed by atoms with E-state index in [1.807, 2.05) is 30.3 Å². The van der Waals surface area contributed by atoms with Crippen LogP contribution < -0.4 is 5.73 Å². The summed E-state index contributed by atoms with van der Waals surface area (Å²) >= 11 is 5.89. The number of rotatable bonds is 2. The van der Waals surface area contributed by atoms with Crippen LogP contribution in [0.3, 0.4) is 0 Å². The number of halogens is 1. The first-order valence-electron chi connectivity index (χ1n) is 6.32. The second kappa shape index (κ2) is 5.42. The van der Waals surface area contributed by atoms with E-state index in [-0.39, 0.29) is 5.75 Å². The zero-order chi connectivity index (χ0) is 14.8. The van der Waals surface area contributed by atoms with Gasteiger partial charge in [0.2, 0.25) is 0 Å². The van der Waals surface area contributed by atoms with Crippen molar-refractivity contribution < 1.29 is 5.11 Å². The number of phenolic OH excluding ortho intramolecular Hbond substituents is 1. The number of benzene rings is 3. The molecule has 0 saturated heterocycles. The maximum atomic E-state index is 9.75. The van der Waals surface area contributed by atoms with Gasteiger partial charge in [-0.15, -0.1) is 10.2 Å². The molecule has 0 aliphatic carbocycles. The third-order valence-corrected chi connectivity index (χ3v) is 3.36. The van der Waals surface area contributed by atoms with Crippen molar-refractivity contribution >= 4 is 39.4 Å². The van der Waals surface area contributed by atoms with Crippen LogP contribution in [-0.2, 0) is 0 Å². The lowest BCUT2D eigenvalue weighted by molar-refractivity contribution is 0.476. The quantitative estimate of drug-likeness (QED) is 0.504. The van der Waals surface area contributed by atoms with Crippen molar-refractivity contribution in [1.29, 1.82) is 0 Å². The van der Waals surface area contributed by atoms with Crippen LogP contribution in [0.25, 0.3) is 10.8 Å². The average molecular weight is 298 g/mol. The van der Waals surface area contributed by atoms with E-state index in [1.54, 1.807) is 18.2 Å². The van der Waals surface area contributed by atoms with Gasteiger partial charge in [0.25, 0.3) is 0 Å². The molecule has 3 rings (SSSR count). The fourth-order valence-electron chi connectivity index (χ4n) is 2.06. The molecule has 0 saturated carbocycles. The van der Waals surface area contributed by atoms with E-state index in [4.69, 9.17) is 17.3 Å². The van der Waals surface area contributed by atoms with E-state index >= 15 is 0 Å². The second-order valence-electron chi connectivity index (χ2n) is 4.56. The highest BCUT2D eigenvalue weighted by Crippen LogP contribution is 2.35. The number of nitrogen functional groups attached to an aromatic ring is 1. The molecule has 0 bridgehead atoms. The molecule has 0 amide bonds. The largest absolute Gasteiger partial charge is 0.506 e. The molecule has 5 heteroatoms. The Morgan fingerprint density at radius 3 is 2.62 bits per heavy atom. The van der Waals surface area contributed by atoms with Crippen LogP contribution >= 0.6 is 11.6 Å². The highest BCUT2D eigenvalue weighted by atomic mass is 35.5. The van der Waals surface area contributed by atoms with Crippen LogP contribution in [0.1, 0.15) is 0 Å². The Morgan fingerprint density at radius 2 is 1.76 bits per heavy atom. The van der Waals surface area contributed by atoms with Crippen LogP contribution in [0, 0.1) is 0 Å². The molecular weight excluding hydrogens is 286 g/mol. The van der Waals surface area contributed by atoms with E-state index in [0.29, 0.717) is 22.1 Å². The lowest BCUT2D eigenvalue weighted by Crippen LogP contribution is -1.85. The maximum Gasteiger partial charge on any atom is 0.143 e. The first-order chi connectivity index (χ1) is 10.1. The second-order valence-corrected chi connectivity index (χ2v) is 4.99. The third kappa shape index (κ3) is 2.66. The van der Waals surface area contributed by atoms with Crippen molar-refractivity contribution in [2.45, 2.75) is 0 Å². The van der Waals surface area contributed by atoms with Gasteiger partial charge in [0.05, 0.1) is 5.69 Å². The van der Waals surface area contributed by atoms with Gasteiger partial charge in [-0.2, -0.15) is 0 Å². The maximum absolute atomic E-state index is 9.75. The molecule has 0 aliphatic heterocycles. The fourth-order valence-corrected chi connectivity index (χ4v) is 2.23. The van der Waals surface area contributed by atoms with Crippen LogP contribution in [0.4, 0.5) is 17.1 Å². The Hall–Kier alpha value is -2.59. The third-order valence-electron chi connectivity index (χ3n) is 3.13. The summed E-state index contributed by atoms with van der Waals surface area (Å²) in [5.41, 5.74) is 7.38. The summed E-state index contributed by atoms with van der Waals surface area (Å²) in [6.45, 7) is 0. The average Bonchev–Trinajstić information content (AvgIpc) is 2.49. The number of anilines is 1. The van der Waals surface area contributed by atoms with Gasteiger partial charge in [-0.25, -0.2) is 0 Å². The van der Waals surface area contributed by atoms with Crippen LogP contribution in [0.2, 0.25) is 5.02 Å². The van der Waals surface area contributed by atoms with E-state index in [9.17, 15) is 5.11 Å². The number of phenols is 1. The summed E-state index contributed by atoms with van der Waals surface area (Å²) in [6.07, 6.45) is 0. The highest BCUT2D eigenvalue weighted by Gasteiger charge is 2.05. The molecule has 21 heavy (non-hydrogen) atoms. The van der Waals surface area contributed by atoms with Gasteiger partial charge in [0, 0.05) is 10.4 Å². The Morgan fingerprint density at radius 1 is 0.952 bits per heavy atom. The predicted octanol–water partition coefficient (Wildman–Crippen LogP) is 5.20. The minimum Gasteiger partial charge on any atom is -0.506 e. The number of hydrogen-bond acceptors (Lipinski definition) is 4. The number of azo groups is 1. The van der Waals surface area contributed by atoms with Crippen molar-refractivity contribution in [2.24, 2.45) is 10.2 Å². The number of fused-ring (bicyclic) bond motifs is 1. The zero-order valence-electron chi connectivity index (χ0n) is 11.0. The summed E-state index contributed by atoms with van der Waals surface area (Å²) in [6, 6.07) is 16.1. The summed E-state index contributed by atoms with van der Waals surface area (Å²) in [5.74, 6) is 0.0157. The number of nitrogens with zero attached hydrogens (tertiary/aromatic N) is 2. The first-order valence-corrected chi connectivity index (χ1v) is 6.70. The Labute approximate surface area is 126 Å². The molecule has 3 N–H and O–H groups in total. The molecule has 0 heterocycles. The van der Waals surface area contributed by atoms with E-state index in [0.717, 1.165) is 10.8 Å². The molecule has 0 atom stereocenters. The van der Waals surface area contributed by atoms with Crippen LogP contribution in [0.5, 0.6) is 5.75 Å². The molecular formula is C16H12ClN3O. The van der Waals surface area contributed by atoms with Gasteiger partial charge < -0.3 is 10.8 Å². The van der Waals surface area contributed by atoms with E-state index in [2.05, 4.69) is 10.2 Å². The van der Waals surface area contributed by atoms with E-state index < -0.39 is 0 Å². The lowest BCUT2D eigenvalue weighted by atomic mass is 10.1. The fraction of sp³-hybridized carbons (Fsp3) is 0. The molecule has 3 aromatic carbocycles. The van der Waals surface area contributed by atoms with Crippen LogP contribution in [-0.4, -0.2) is 5.11 Å². The number of hydrogen-bond donors (Lipinski definition) is 2. The monoisotopic (exact) mass is 297 g/mol. The highest BCUT2D eigenvalue weighted by molar-refractivity contribution is 6.30. The van der Waals surface area contributed by atoms with Crippen molar-refractivity contribution in [3.05, 3.63) is 59.6 Å². The Kier molecular flexibility index (Phi) is 3.46. The standard InChI is InChI=1S/C16H12ClN3O/c17-11-6-8-15(21)14(9-11)19-20-16-12-4-2-1-3-10(12)5-7-13(16)18/h1-9,21H,18H2. The number of aromatic hydroxyl groups is 1. The molecule has 3 aromatic rings. The van der Waals surface area contributed by atoms with Gasteiger partial charge in [0.1, 0.15) is 17.1 Å². The number of nitrogens with two attached hydrogens (primary N) is 1. The minimum absolute atomic E-state index is 0.0157. The molecule has 0 aliphatic rings. The van der Waals surface area contributed by atoms with Gasteiger partial charge in [-0.05, 0) is 29.7 Å². The smallest absolute Gasteiger partial charge is 0.143 e. The molecule has 0 spiro atoms. The van der Waals surface area contributed by atoms with Gasteiger partial charge >= 0.3 is 0 Å². The summed E-state index contributed by atoms with van der Waals surface area (Å²) in [4.78, 5) is 0. The van der Waals surface area contributed by atoms with Crippen molar-refractivity contribution in [2.75, 3.05) is 5.73 Å². The summed E-state index contributed by atoms with van der Waals surface area (Å²) < 4.78 is 0. The van der Waals surface area contributed by atoms with Crippen molar-refractivity contribution in [1.82, 2.24) is 0 Å². The van der Waals surface area contributed by atoms with Crippen LogP contribution in [0.15, 0.2) is 64.8 Å².